The van der Waals surface area contributed by atoms with Crippen molar-refractivity contribution in [1.29, 1.82) is 0 Å². The van der Waals surface area contributed by atoms with Crippen molar-refractivity contribution in [3.8, 4) is 5.75 Å². The van der Waals surface area contributed by atoms with E-state index in [-0.39, 0.29) is 17.5 Å². The van der Waals surface area contributed by atoms with E-state index in [1.807, 2.05) is 19.1 Å². The average Bonchev–Trinajstić information content (AvgIpc) is 2.48. The molecule has 116 valence electrons. The first-order chi connectivity index (χ1) is 10.6. The molecule has 22 heavy (non-hydrogen) atoms. The van der Waals surface area contributed by atoms with Gasteiger partial charge >= 0.3 is 0 Å². The summed E-state index contributed by atoms with van der Waals surface area (Å²) in [5.41, 5.74) is 1.10. The molecule has 0 aliphatic rings. The fourth-order valence-corrected chi connectivity index (χ4v) is 2.09. The van der Waals surface area contributed by atoms with Crippen LogP contribution >= 0.6 is 11.6 Å². The standard InChI is InChI=1S/C16H16ClFN2O2/c1-2-22-15-6-4-3-5-14(15)20-16(21)10-19-13-8-7-11(18)9-12(13)17/h3-9,19H,2,10H2,1H3,(H,20,21). The third kappa shape index (κ3) is 4.36. The van der Waals surface area contributed by atoms with Gasteiger partial charge in [-0.1, -0.05) is 23.7 Å². The summed E-state index contributed by atoms with van der Waals surface area (Å²) in [4.78, 5) is 12.0. The number of hydrogen-bond donors (Lipinski definition) is 2. The second-order valence-corrected chi connectivity index (χ2v) is 4.86. The van der Waals surface area contributed by atoms with E-state index in [9.17, 15) is 9.18 Å². The molecule has 0 bridgehead atoms. The van der Waals surface area contributed by atoms with Gasteiger partial charge in [0.25, 0.3) is 0 Å². The van der Waals surface area contributed by atoms with Gasteiger partial charge in [-0.15, -0.1) is 0 Å². The minimum Gasteiger partial charge on any atom is -0.492 e. The summed E-state index contributed by atoms with van der Waals surface area (Å²) in [5.74, 6) is -0.0728. The molecule has 0 fully saturated rings. The highest BCUT2D eigenvalue weighted by atomic mass is 35.5. The Labute approximate surface area is 133 Å². The molecule has 0 spiro atoms. The van der Waals surface area contributed by atoms with Crippen LogP contribution in [0.15, 0.2) is 42.5 Å². The van der Waals surface area contributed by atoms with Crippen molar-refractivity contribution >= 4 is 28.9 Å². The maximum absolute atomic E-state index is 12.9. The first-order valence-corrected chi connectivity index (χ1v) is 7.18. The van der Waals surface area contributed by atoms with Crippen LogP contribution in [-0.4, -0.2) is 19.1 Å². The van der Waals surface area contributed by atoms with Crippen molar-refractivity contribution in [3.63, 3.8) is 0 Å². The Morgan fingerprint density at radius 3 is 2.73 bits per heavy atom. The molecular formula is C16H16ClFN2O2. The largest absolute Gasteiger partial charge is 0.492 e. The number of halogens is 2. The number of rotatable bonds is 6. The molecule has 0 atom stereocenters. The summed E-state index contributed by atoms with van der Waals surface area (Å²) >= 11 is 5.89. The van der Waals surface area contributed by atoms with Crippen LogP contribution < -0.4 is 15.4 Å². The number of hydrogen-bond acceptors (Lipinski definition) is 3. The molecule has 2 aromatic rings. The molecule has 0 heterocycles. The Morgan fingerprint density at radius 2 is 2.00 bits per heavy atom. The van der Waals surface area contributed by atoms with Crippen LogP contribution in [-0.2, 0) is 4.79 Å². The number of carbonyl (C=O) groups is 1. The lowest BCUT2D eigenvalue weighted by Gasteiger charge is -2.12. The normalized spacial score (nSPS) is 10.1. The van der Waals surface area contributed by atoms with E-state index in [2.05, 4.69) is 10.6 Å². The summed E-state index contributed by atoms with van der Waals surface area (Å²) in [6.07, 6.45) is 0. The number of benzene rings is 2. The van der Waals surface area contributed by atoms with Crippen molar-refractivity contribution in [2.45, 2.75) is 6.92 Å². The average molecular weight is 323 g/mol. The van der Waals surface area contributed by atoms with Crippen molar-refractivity contribution < 1.29 is 13.9 Å². The van der Waals surface area contributed by atoms with Crippen LogP contribution in [0.25, 0.3) is 0 Å². The molecule has 0 unspecified atom stereocenters. The number of nitrogens with one attached hydrogen (secondary N) is 2. The zero-order valence-electron chi connectivity index (χ0n) is 12.0. The predicted octanol–water partition coefficient (Wildman–Crippen LogP) is 3.93. The summed E-state index contributed by atoms with van der Waals surface area (Å²) < 4.78 is 18.4. The Morgan fingerprint density at radius 1 is 1.23 bits per heavy atom. The van der Waals surface area contributed by atoms with E-state index in [1.54, 1.807) is 12.1 Å². The van der Waals surface area contributed by atoms with Crippen molar-refractivity contribution in [1.82, 2.24) is 0 Å². The monoisotopic (exact) mass is 322 g/mol. The van der Waals surface area contributed by atoms with Crippen LogP contribution in [0.4, 0.5) is 15.8 Å². The van der Waals surface area contributed by atoms with E-state index < -0.39 is 5.82 Å². The summed E-state index contributed by atoms with van der Waals surface area (Å²) in [6.45, 7) is 2.39. The van der Waals surface area contributed by atoms with Gasteiger partial charge in [-0.3, -0.25) is 4.79 Å². The van der Waals surface area contributed by atoms with Gasteiger partial charge < -0.3 is 15.4 Å². The minimum absolute atomic E-state index is 0.00577. The number of para-hydroxylation sites is 2. The minimum atomic E-state index is -0.425. The van der Waals surface area contributed by atoms with Crippen LogP contribution in [0.1, 0.15) is 6.92 Å². The number of amides is 1. The van der Waals surface area contributed by atoms with Crippen LogP contribution in [0.2, 0.25) is 5.02 Å². The predicted molar refractivity (Wildman–Crippen MR) is 86.1 cm³/mol. The molecule has 1 amide bonds. The Balaban J connectivity index is 1.96. The third-order valence-corrected chi connectivity index (χ3v) is 3.14. The van der Waals surface area contributed by atoms with Crippen LogP contribution in [0.3, 0.4) is 0 Å². The zero-order valence-corrected chi connectivity index (χ0v) is 12.8. The molecule has 0 aromatic heterocycles. The second kappa shape index (κ2) is 7.66. The number of ether oxygens (including phenoxy) is 1. The zero-order chi connectivity index (χ0) is 15.9. The van der Waals surface area contributed by atoms with Gasteiger partial charge in [-0.2, -0.15) is 0 Å². The first-order valence-electron chi connectivity index (χ1n) is 6.80. The van der Waals surface area contributed by atoms with Gasteiger partial charge in [0.1, 0.15) is 11.6 Å². The molecule has 0 aliphatic carbocycles. The van der Waals surface area contributed by atoms with Gasteiger partial charge in [0.2, 0.25) is 5.91 Å². The number of anilines is 2. The molecule has 0 radical (unpaired) electrons. The van der Waals surface area contributed by atoms with E-state index in [0.717, 1.165) is 0 Å². The fourth-order valence-electron chi connectivity index (χ4n) is 1.85. The highest BCUT2D eigenvalue weighted by molar-refractivity contribution is 6.33. The summed E-state index contributed by atoms with van der Waals surface area (Å²) in [7, 11) is 0. The Hall–Kier alpha value is -2.27. The summed E-state index contributed by atoms with van der Waals surface area (Å²) in [6, 6.07) is 11.1. The van der Waals surface area contributed by atoms with Gasteiger partial charge in [0.15, 0.2) is 0 Å². The second-order valence-electron chi connectivity index (χ2n) is 4.46. The maximum atomic E-state index is 12.9. The molecule has 2 rings (SSSR count). The van der Waals surface area contributed by atoms with Gasteiger partial charge in [-0.05, 0) is 37.3 Å². The van der Waals surface area contributed by atoms with Crippen LogP contribution in [0, 0.1) is 5.82 Å². The van der Waals surface area contributed by atoms with Crippen molar-refractivity contribution in [2.75, 3.05) is 23.8 Å². The maximum Gasteiger partial charge on any atom is 0.243 e. The third-order valence-electron chi connectivity index (χ3n) is 2.83. The lowest BCUT2D eigenvalue weighted by Crippen LogP contribution is -2.22. The molecular weight excluding hydrogens is 307 g/mol. The van der Waals surface area contributed by atoms with Gasteiger partial charge in [0, 0.05) is 0 Å². The van der Waals surface area contributed by atoms with Crippen molar-refractivity contribution in [3.05, 3.63) is 53.3 Å². The topological polar surface area (TPSA) is 50.4 Å². The molecule has 4 nitrogen and oxygen atoms in total. The molecule has 0 aliphatic heterocycles. The Bertz CT molecular complexity index is 664. The van der Waals surface area contributed by atoms with Crippen LogP contribution in [0.5, 0.6) is 5.75 Å². The molecule has 2 N–H and O–H groups in total. The molecule has 0 saturated carbocycles. The smallest absolute Gasteiger partial charge is 0.243 e. The quantitative estimate of drug-likeness (QED) is 0.847. The highest BCUT2D eigenvalue weighted by Crippen LogP contribution is 2.24. The van der Waals surface area contributed by atoms with E-state index in [1.165, 1.54) is 18.2 Å². The molecule has 6 heteroatoms. The fraction of sp³-hybridized carbons (Fsp3) is 0.188. The first kappa shape index (κ1) is 16.1. The summed E-state index contributed by atoms with van der Waals surface area (Å²) in [5, 5.41) is 5.84. The van der Waals surface area contributed by atoms with Crippen molar-refractivity contribution in [2.24, 2.45) is 0 Å². The Kier molecular flexibility index (Phi) is 5.61. The molecule has 0 saturated heterocycles. The molecule has 2 aromatic carbocycles. The van der Waals surface area contributed by atoms with Gasteiger partial charge in [-0.25, -0.2) is 4.39 Å². The van der Waals surface area contributed by atoms with E-state index in [0.29, 0.717) is 23.7 Å². The lowest BCUT2D eigenvalue weighted by atomic mass is 10.3. The van der Waals surface area contributed by atoms with Gasteiger partial charge in [0.05, 0.1) is 29.5 Å². The SMILES string of the molecule is CCOc1ccccc1NC(=O)CNc1ccc(F)cc1Cl. The van der Waals surface area contributed by atoms with E-state index >= 15 is 0 Å². The highest BCUT2D eigenvalue weighted by Gasteiger charge is 2.08. The lowest BCUT2D eigenvalue weighted by molar-refractivity contribution is -0.114. The number of carbonyl (C=O) groups excluding carboxylic acids is 1. The van der Waals surface area contributed by atoms with E-state index in [4.69, 9.17) is 16.3 Å².